The molecule has 1 amide bonds. The third-order valence-electron chi connectivity index (χ3n) is 3.32. The highest BCUT2D eigenvalue weighted by Gasteiger charge is 2.09. The molecule has 0 atom stereocenters. The number of nitrogens with one attached hydrogen (secondary N) is 1. The number of aromatic nitrogens is 4. The van der Waals surface area contributed by atoms with Crippen molar-refractivity contribution >= 4 is 17.7 Å². The number of thioether (sulfide) groups is 1. The maximum absolute atomic E-state index is 12.0. The van der Waals surface area contributed by atoms with E-state index in [-0.39, 0.29) is 11.7 Å². The number of amides is 1. The lowest BCUT2D eigenvalue weighted by molar-refractivity contribution is -0.118. The Kier molecular flexibility index (Phi) is 5.17. The first-order chi connectivity index (χ1) is 11.8. The Morgan fingerprint density at radius 2 is 2.00 bits per heavy atom. The molecule has 0 saturated carbocycles. The van der Waals surface area contributed by atoms with Crippen LogP contribution in [0.3, 0.4) is 0 Å². The molecule has 24 heavy (non-hydrogen) atoms. The van der Waals surface area contributed by atoms with Crippen molar-refractivity contribution in [1.82, 2.24) is 24.9 Å². The second kappa shape index (κ2) is 7.69. The third-order valence-corrected chi connectivity index (χ3v) is 4.25. The second-order valence-electron chi connectivity index (χ2n) is 4.93. The molecule has 0 spiro atoms. The Morgan fingerprint density at radius 3 is 2.71 bits per heavy atom. The number of benzene rings is 1. The van der Waals surface area contributed by atoms with Gasteiger partial charge in [-0.1, -0.05) is 23.9 Å². The molecule has 7 nitrogen and oxygen atoms in total. The van der Waals surface area contributed by atoms with Gasteiger partial charge in [0.05, 0.1) is 12.9 Å². The van der Waals surface area contributed by atoms with Crippen molar-refractivity contribution < 1.29 is 9.53 Å². The number of nitrogens with zero attached hydrogens (tertiary/aromatic N) is 4. The van der Waals surface area contributed by atoms with Gasteiger partial charge >= 0.3 is 0 Å². The molecule has 0 radical (unpaired) electrons. The van der Waals surface area contributed by atoms with Gasteiger partial charge in [0.25, 0.3) is 0 Å². The summed E-state index contributed by atoms with van der Waals surface area (Å²) in [5.74, 6) is 1.01. The van der Waals surface area contributed by atoms with Gasteiger partial charge < -0.3 is 10.1 Å². The molecule has 0 aliphatic rings. The molecule has 2 heterocycles. The van der Waals surface area contributed by atoms with E-state index in [2.05, 4.69) is 15.5 Å². The van der Waals surface area contributed by atoms with Crippen molar-refractivity contribution in [3.05, 3.63) is 60.7 Å². The lowest BCUT2D eigenvalue weighted by Crippen LogP contribution is -2.24. The molecule has 0 unspecified atom stereocenters. The summed E-state index contributed by atoms with van der Waals surface area (Å²) in [6.45, 7) is 0.480. The van der Waals surface area contributed by atoms with Crippen LogP contribution in [-0.2, 0) is 11.3 Å². The van der Waals surface area contributed by atoms with Crippen LogP contribution >= 0.6 is 11.8 Å². The third kappa shape index (κ3) is 3.96. The van der Waals surface area contributed by atoms with Crippen LogP contribution in [0.25, 0.3) is 0 Å². The van der Waals surface area contributed by atoms with E-state index < -0.39 is 0 Å². The van der Waals surface area contributed by atoms with E-state index in [1.807, 2.05) is 53.5 Å². The van der Waals surface area contributed by atoms with Gasteiger partial charge in [-0.25, -0.2) is 4.68 Å². The summed E-state index contributed by atoms with van der Waals surface area (Å²) in [5, 5.41) is 11.5. The smallest absolute Gasteiger partial charge is 0.230 e. The van der Waals surface area contributed by atoms with Gasteiger partial charge in [-0.3, -0.25) is 9.47 Å². The minimum atomic E-state index is -0.0575. The van der Waals surface area contributed by atoms with Crippen LogP contribution in [0.1, 0.15) is 5.56 Å². The minimum absolute atomic E-state index is 0.0575. The lowest BCUT2D eigenvalue weighted by atomic mass is 10.2. The number of methoxy groups -OCH3 is 1. The van der Waals surface area contributed by atoms with Crippen LogP contribution < -0.4 is 10.1 Å². The number of carbonyl (C=O) groups is 1. The molecule has 124 valence electrons. The fourth-order valence-electron chi connectivity index (χ4n) is 2.07. The van der Waals surface area contributed by atoms with Crippen molar-refractivity contribution in [2.75, 3.05) is 12.9 Å². The van der Waals surface area contributed by atoms with E-state index in [1.165, 1.54) is 11.8 Å². The largest absolute Gasteiger partial charge is 0.497 e. The Morgan fingerprint density at radius 1 is 1.25 bits per heavy atom. The number of rotatable bonds is 7. The Bertz CT molecular complexity index is 783. The van der Waals surface area contributed by atoms with Crippen LogP contribution in [0.15, 0.2) is 60.3 Å². The molecule has 0 aliphatic carbocycles. The predicted molar refractivity (Wildman–Crippen MR) is 90.8 cm³/mol. The highest BCUT2D eigenvalue weighted by molar-refractivity contribution is 7.99. The molecule has 3 aromatic rings. The summed E-state index contributed by atoms with van der Waals surface area (Å²) < 4.78 is 8.73. The van der Waals surface area contributed by atoms with E-state index in [0.29, 0.717) is 11.7 Å². The van der Waals surface area contributed by atoms with Crippen LogP contribution in [0.2, 0.25) is 0 Å². The normalized spacial score (nSPS) is 10.5. The van der Waals surface area contributed by atoms with Crippen LogP contribution in [-0.4, -0.2) is 38.3 Å². The van der Waals surface area contributed by atoms with Crippen molar-refractivity contribution in [3.8, 4) is 5.75 Å². The maximum Gasteiger partial charge on any atom is 0.230 e. The van der Waals surface area contributed by atoms with Crippen LogP contribution in [0.5, 0.6) is 5.75 Å². The molecule has 1 N–H and O–H groups in total. The zero-order valence-electron chi connectivity index (χ0n) is 13.1. The minimum Gasteiger partial charge on any atom is -0.497 e. The molecule has 0 aliphatic heterocycles. The van der Waals surface area contributed by atoms with E-state index in [0.717, 1.165) is 11.3 Å². The summed E-state index contributed by atoms with van der Waals surface area (Å²) in [5.41, 5.74) is 1.02. The molecular formula is C16H17N5O2S. The van der Waals surface area contributed by atoms with Crippen molar-refractivity contribution in [2.24, 2.45) is 0 Å². The van der Waals surface area contributed by atoms with Gasteiger partial charge in [0.15, 0.2) is 0 Å². The second-order valence-corrected chi connectivity index (χ2v) is 5.88. The van der Waals surface area contributed by atoms with Gasteiger partial charge in [-0.05, 0) is 29.8 Å². The highest BCUT2D eigenvalue weighted by Crippen LogP contribution is 2.15. The monoisotopic (exact) mass is 343 g/mol. The summed E-state index contributed by atoms with van der Waals surface area (Å²) in [7, 11) is 1.63. The molecule has 0 fully saturated rings. The first kappa shape index (κ1) is 16.1. The van der Waals surface area contributed by atoms with Crippen molar-refractivity contribution in [3.63, 3.8) is 0 Å². The average molecular weight is 343 g/mol. The Labute approximate surface area is 143 Å². The zero-order valence-corrected chi connectivity index (χ0v) is 13.9. The summed E-state index contributed by atoms with van der Waals surface area (Å²) >= 11 is 1.34. The van der Waals surface area contributed by atoms with E-state index in [1.54, 1.807) is 18.1 Å². The van der Waals surface area contributed by atoms with Crippen LogP contribution in [0.4, 0.5) is 0 Å². The first-order valence-electron chi connectivity index (χ1n) is 7.32. The highest BCUT2D eigenvalue weighted by atomic mass is 32.2. The SMILES string of the molecule is COc1ccc(CNC(=O)CSc2nncn2-n2cccc2)cc1. The van der Waals surface area contributed by atoms with Crippen LogP contribution in [0, 0.1) is 0 Å². The number of hydrogen-bond acceptors (Lipinski definition) is 5. The lowest BCUT2D eigenvalue weighted by Gasteiger charge is -2.08. The van der Waals surface area contributed by atoms with E-state index in [9.17, 15) is 4.79 Å². The van der Waals surface area contributed by atoms with Gasteiger partial charge in [-0.2, -0.15) is 0 Å². The van der Waals surface area contributed by atoms with Gasteiger partial charge in [0, 0.05) is 18.9 Å². The Hall–Kier alpha value is -2.74. The van der Waals surface area contributed by atoms with Gasteiger partial charge in [0.1, 0.15) is 12.1 Å². The number of carbonyl (C=O) groups excluding carboxylic acids is 1. The fraction of sp³-hybridized carbons (Fsp3) is 0.188. The molecule has 8 heteroatoms. The summed E-state index contributed by atoms with van der Waals surface area (Å²) in [6, 6.07) is 11.4. The standard InChI is InChI=1S/C16H17N5O2S/c1-23-14-6-4-13(5-7-14)10-17-15(22)11-24-16-19-18-12-21(16)20-8-2-3-9-20/h2-9,12H,10-11H2,1H3,(H,17,22). The molecule has 1 aromatic carbocycles. The molecule has 0 saturated heterocycles. The number of hydrogen-bond donors (Lipinski definition) is 1. The zero-order chi connectivity index (χ0) is 16.8. The van der Waals surface area contributed by atoms with Crippen molar-refractivity contribution in [1.29, 1.82) is 0 Å². The molecule has 3 rings (SSSR count). The molecule has 0 bridgehead atoms. The molecule has 2 aromatic heterocycles. The first-order valence-corrected chi connectivity index (χ1v) is 8.31. The maximum atomic E-state index is 12.0. The predicted octanol–water partition coefficient (Wildman–Crippen LogP) is 1.81. The quantitative estimate of drug-likeness (QED) is 0.662. The summed E-state index contributed by atoms with van der Waals surface area (Å²) in [6.07, 6.45) is 5.38. The topological polar surface area (TPSA) is 74.0 Å². The Balaban J connectivity index is 1.50. The number of ether oxygens (including phenoxy) is 1. The molecular weight excluding hydrogens is 326 g/mol. The summed E-state index contributed by atoms with van der Waals surface area (Å²) in [4.78, 5) is 12.0. The van der Waals surface area contributed by atoms with Gasteiger partial charge in [-0.15, -0.1) is 10.2 Å². The van der Waals surface area contributed by atoms with E-state index >= 15 is 0 Å². The fourth-order valence-corrected chi connectivity index (χ4v) is 2.81. The van der Waals surface area contributed by atoms with E-state index in [4.69, 9.17) is 4.74 Å². The average Bonchev–Trinajstić information content (AvgIpc) is 3.29. The van der Waals surface area contributed by atoms with Crippen molar-refractivity contribution in [2.45, 2.75) is 11.7 Å². The van der Waals surface area contributed by atoms with Gasteiger partial charge in [0.2, 0.25) is 11.1 Å².